The molecule has 96 valence electrons. The van der Waals surface area contributed by atoms with Crippen LogP contribution in [-0.2, 0) is 11.2 Å². The summed E-state index contributed by atoms with van der Waals surface area (Å²) in [5, 5.41) is 19.1. The van der Waals surface area contributed by atoms with E-state index in [1.165, 1.54) is 0 Å². The third-order valence-electron chi connectivity index (χ3n) is 2.33. The molecule has 0 fully saturated rings. The number of carbonyl (C=O) groups excluding carboxylic acids is 1. The zero-order chi connectivity index (χ0) is 12.8. The Morgan fingerprint density at radius 3 is 3.17 bits per heavy atom. The zero-order valence-corrected chi connectivity index (χ0v) is 9.74. The molecule has 0 radical (unpaired) electrons. The second-order valence-corrected chi connectivity index (χ2v) is 3.58. The lowest BCUT2D eigenvalue weighted by Gasteiger charge is -2.04. The van der Waals surface area contributed by atoms with E-state index in [2.05, 4.69) is 20.3 Å². The Kier molecular flexibility index (Phi) is 4.08. The highest BCUT2D eigenvalue weighted by molar-refractivity contribution is 5.67. The highest BCUT2D eigenvalue weighted by atomic mass is 16.6. The number of alkyl carbamates (subject to hydrolysis) is 1. The molecule has 7 nitrogen and oxygen atoms in total. The molecule has 1 amide bonds. The van der Waals surface area contributed by atoms with Gasteiger partial charge in [-0.1, -0.05) is 6.07 Å². The fourth-order valence-electron chi connectivity index (χ4n) is 1.53. The Morgan fingerprint density at radius 1 is 1.44 bits per heavy atom. The van der Waals surface area contributed by atoms with E-state index < -0.39 is 6.09 Å². The van der Waals surface area contributed by atoms with Crippen molar-refractivity contribution >= 4 is 11.7 Å². The van der Waals surface area contributed by atoms with Crippen molar-refractivity contribution in [1.82, 2.24) is 19.9 Å². The lowest BCUT2D eigenvalue weighted by atomic mass is 10.4. The van der Waals surface area contributed by atoms with E-state index in [1.807, 2.05) is 28.8 Å². The molecule has 0 aliphatic rings. The van der Waals surface area contributed by atoms with Crippen LogP contribution in [0.15, 0.2) is 24.4 Å². The minimum Gasteiger partial charge on any atom is -0.447 e. The van der Waals surface area contributed by atoms with Crippen LogP contribution in [-0.4, -0.2) is 45.6 Å². The number of hydrogen-bond donors (Lipinski definition) is 2. The molecule has 0 saturated heterocycles. The van der Waals surface area contributed by atoms with E-state index in [1.54, 1.807) is 0 Å². The molecule has 0 aliphatic carbocycles. The topological polar surface area (TPSA) is 88.8 Å². The summed E-state index contributed by atoms with van der Waals surface area (Å²) in [5.74, 6) is 0.771. The van der Waals surface area contributed by atoms with Crippen molar-refractivity contribution in [1.29, 1.82) is 0 Å². The van der Waals surface area contributed by atoms with Crippen LogP contribution in [0.3, 0.4) is 0 Å². The number of rotatable bonds is 5. The maximum atomic E-state index is 11.1. The van der Waals surface area contributed by atoms with E-state index in [0.29, 0.717) is 13.0 Å². The zero-order valence-electron chi connectivity index (χ0n) is 9.74. The smallest absolute Gasteiger partial charge is 0.407 e. The van der Waals surface area contributed by atoms with Crippen molar-refractivity contribution in [2.24, 2.45) is 0 Å². The van der Waals surface area contributed by atoms with Gasteiger partial charge >= 0.3 is 6.09 Å². The van der Waals surface area contributed by atoms with Crippen LogP contribution in [0.1, 0.15) is 5.82 Å². The number of fused-ring (bicyclic) bond motifs is 1. The molecular formula is C11H14N4O3. The number of amides is 1. The van der Waals surface area contributed by atoms with Gasteiger partial charge in [0.05, 0.1) is 6.61 Å². The minimum absolute atomic E-state index is 0.000301. The summed E-state index contributed by atoms with van der Waals surface area (Å²) in [6.07, 6.45) is 1.88. The fourth-order valence-corrected chi connectivity index (χ4v) is 1.53. The number of aliphatic hydroxyl groups is 1. The molecule has 0 unspecified atom stereocenters. The van der Waals surface area contributed by atoms with Crippen molar-refractivity contribution in [3.8, 4) is 0 Å². The SMILES string of the molecule is O=C(NCCc1nnc2ccccn12)OCCO. The van der Waals surface area contributed by atoms with Gasteiger partial charge < -0.3 is 15.2 Å². The third kappa shape index (κ3) is 2.95. The maximum absolute atomic E-state index is 11.1. The van der Waals surface area contributed by atoms with Gasteiger partial charge in [0.2, 0.25) is 0 Å². The molecule has 0 spiro atoms. The van der Waals surface area contributed by atoms with Gasteiger partial charge in [0.15, 0.2) is 5.65 Å². The first kappa shape index (κ1) is 12.3. The van der Waals surface area contributed by atoms with Crippen molar-refractivity contribution in [3.63, 3.8) is 0 Å². The average Bonchev–Trinajstić information content (AvgIpc) is 2.80. The summed E-state index contributed by atoms with van der Waals surface area (Å²) >= 11 is 0. The van der Waals surface area contributed by atoms with E-state index in [0.717, 1.165) is 11.5 Å². The second-order valence-electron chi connectivity index (χ2n) is 3.58. The van der Waals surface area contributed by atoms with Gasteiger partial charge in [0.25, 0.3) is 0 Å². The van der Waals surface area contributed by atoms with Gasteiger partial charge in [0, 0.05) is 19.2 Å². The van der Waals surface area contributed by atoms with Gasteiger partial charge in [0.1, 0.15) is 12.4 Å². The Hall–Kier alpha value is -2.15. The highest BCUT2D eigenvalue weighted by Gasteiger charge is 2.05. The molecule has 18 heavy (non-hydrogen) atoms. The number of carbonyl (C=O) groups is 1. The number of aromatic nitrogens is 3. The van der Waals surface area contributed by atoms with Crippen LogP contribution in [0.5, 0.6) is 0 Å². The summed E-state index contributed by atoms with van der Waals surface area (Å²) in [7, 11) is 0. The standard InChI is InChI=1S/C11H14N4O3/c16-7-8-18-11(17)12-5-4-10-14-13-9-3-1-2-6-15(9)10/h1-3,6,16H,4-5,7-8H2,(H,12,17). The summed E-state index contributed by atoms with van der Waals surface area (Å²) in [5.41, 5.74) is 0.773. The summed E-state index contributed by atoms with van der Waals surface area (Å²) < 4.78 is 6.52. The van der Waals surface area contributed by atoms with E-state index in [4.69, 9.17) is 5.11 Å². The Bertz CT molecular complexity index is 526. The molecule has 0 bridgehead atoms. The van der Waals surface area contributed by atoms with Crippen molar-refractivity contribution in [3.05, 3.63) is 30.2 Å². The molecule has 0 saturated carbocycles. The molecule has 0 aromatic carbocycles. The molecule has 2 heterocycles. The number of pyridine rings is 1. The predicted molar refractivity (Wildman–Crippen MR) is 63.1 cm³/mol. The number of nitrogens with zero attached hydrogens (tertiary/aromatic N) is 3. The Labute approximate surface area is 103 Å². The number of aliphatic hydroxyl groups excluding tert-OH is 1. The summed E-state index contributed by atoms with van der Waals surface area (Å²) in [6, 6.07) is 5.64. The molecule has 0 atom stereocenters. The Balaban J connectivity index is 1.85. The molecule has 7 heteroatoms. The maximum Gasteiger partial charge on any atom is 0.407 e. The second kappa shape index (κ2) is 5.97. The third-order valence-corrected chi connectivity index (χ3v) is 2.33. The monoisotopic (exact) mass is 250 g/mol. The van der Waals surface area contributed by atoms with Gasteiger partial charge in [-0.25, -0.2) is 4.79 Å². The van der Waals surface area contributed by atoms with Crippen LogP contribution >= 0.6 is 0 Å². The van der Waals surface area contributed by atoms with E-state index >= 15 is 0 Å². The number of ether oxygens (including phenoxy) is 1. The van der Waals surface area contributed by atoms with Gasteiger partial charge in [-0.2, -0.15) is 0 Å². The van der Waals surface area contributed by atoms with Gasteiger partial charge in [-0.05, 0) is 12.1 Å². The first-order chi connectivity index (χ1) is 8.81. The highest BCUT2D eigenvalue weighted by Crippen LogP contribution is 2.02. The molecule has 2 aromatic heterocycles. The number of hydrogen-bond acceptors (Lipinski definition) is 5. The summed E-state index contributed by atoms with van der Waals surface area (Å²) in [6.45, 7) is 0.224. The average molecular weight is 250 g/mol. The van der Waals surface area contributed by atoms with Crippen LogP contribution in [0.4, 0.5) is 4.79 Å². The van der Waals surface area contributed by atoms with Crippen LogP contribution in [0, 0.1) is 0 Å². The van der Waals surface area contributed by atoms with Crippen molar-refractivity contribution < 1.29 is 14.6 Å². The minimum atomic E-state index is -0.544. The molecule has 0 aliphatic heterocycles. The van der Waals surface area contributed by atoms with Gasteiger partial charge in [-0.3, -0.25) is 4.40 Å². The van der Waals surface area contributed by atoms with Crippen LogP contribution in [0.2, 0.25) is 0 Å². The van der Waals surface area contributed by atoms with Crippen molar-refractivity contribution in [2.45, 2.75) is 6.42 Å². The Morgan fingerprint density at radius 2 is 2.33 bits per heavy atom. The predicted octanol–water partition coefficient (Wildman–Crippen LogP) is -0.00970. The molecule has 2 rings (SSSR count). The molecule has 2 aromatic rings. The molecular weight excluding hydrogens is 236 g/mol. The lowest BCUT2D eigenvalue weighted by Crippen LogP contribution is -2.27. The quantitative estimate of drug-likeness (QED) is 0.779. The number of nitrogens with one attached hydrogen (secondary N) is 1. The fraction of sp³-hybridized carbons (Fsp3) is 0.364. The largest absolute Gasteiger partial charge is 0.447 e. The summed E-state index contributed by atoms with van der Waals surface area (Å²) in [4.78, 5) is 11.1. The first-order valence-corrected chi connectivity index (χ1v) is 5.61. The van der Waals surface area contributed by atoms with Crippen molar-refractivity contribution in [2.75, 3.05) is 19.8 Å². The van der Waals surface area contributed by atoms with Gasteiger partial charge in [-0.15, -0.1) is 10.2 Å². The molecule has 2 N–H and O–H groups in total. The lowest BCUT2D eigenvalue weighted by molar-refractivity contribution is 0.119. The van der Waals surface area contributed by atoms with Crippen LogP contribution in [0.25, 0.3) is 5.65 Å². The first-order valence-electron chi connectivity index (χ1n) is 5.61. The van der Waals surface area contributed by atoms with Crippen LogP contribution < -0.4 is 5.32 Å². The van der Waals surface area contributed by atoms with E-state index in [-0.39, 0.29) is 13.2 Å². The normalized spacial score (nSPS) is 10.5. The van der Waals surface area contributed by atoms with E-state index in [9.17, 15) is 4.79 Å².